The van der Waals surface area contributed by atoms with Gasteiger partial charge in [0.15, 0.2) is 0 Å². The summed E-state index contributed by atoms with van der Waals surface area (Å²) in [5, 5.41) is 22.9. The number of esters is 1. The van der Waals surface area contributed by atoms with Crippen molar-refractivity contribution in [1.82, 2.24) is 0 Å². The minimum atomic E-state index is -2.08. The zero-order chi connectivity index (χ0) is 27.2. The van der Waals surface area contributed by atoms with Gasteiger partial charge in [-0.3, -0.25) is 4.79 Å². The van der Waals surface area contributed by atoms with Gasteiger partial charge in [0.25, 0.3) is 0 Å². The van der Waals surface area contributed by atoms with E-state index in [9.17, 15) is 15.0 Å². The number of aliphatic hydroxyl groups excluding tert-OH is 1. The van der Waals surface area contributed by atoms with Crippen LogP contribution in [-0.4, -0.2) is 73.8 Å². The van der Waals surface area contributed by atoms with E-state index in [0.717, 1.165) is 24.8 Å². The molecule has 2 aliphatic rings. The normalized spacial score (nSPS) is 41.1. The van der Waals surface area contributed by atoms with E-state index in [-0.39, 0.29) is 24.0 Å². The van der Waals surface area contributed by atoms with Crippen LogP contribution in [0, 0.1) is 17.8 Å². The molecule has 0 aromatic heterocycles. The molecule has 1 saturated heterocycles. The summed E-state index contributed by atoms with van der Waals surface area (Å²) in [5.74, 6) is -4.38. The van der Waals surface area contributed by atoms with Crippen molar-refractivity contribution in [2.45, 2.75) is 88.9 Å². The molecule has 8 nitrogen and oxygen atoms in total. The molecule has 0 saturated carbocycles. The second kappa shape index (κ2) is 13.3. The Morgan fingerprint density at radius 1 is 0.946 bits per heavy atom. The highest BCUT2D eigenvalue weighted by molar-refractivity contribution is 5.73. The standard InChI is InChI=1S/C29H44O8/c1-18-16-17-24(34-5)23(33-4)15-11-10-14-22(21-12-8-7-9-13-21)36-28(31)20(3)29(32)27(35-6)25(30)19(2)26(18)37-29/h7-9,12-13,16-20,22-27,30,32H,10-11,14-15H2,1-6H3/b17-16+/t18-,19-,20+,22-,23-,24+,25-,26-,27+,29?/m0/s1. The first-order valence-electron chi connectivity index (χ1n) is 13.3. The first-order chi connectivity index (χ1) is 17.7. The van der Waals surface area contributed by atoms with Crippen LogP contribution in [-0.2, 0) is 28.5 Å². The number of hydrogen-bond acceptors (Lipinski definition) is 8. The molecule has 10 atom stereocenters. The van der Waals surface area contributed by atoms with E-state index in [4.69, 9.17) is 23.7 Å². The third-order valence-corrected chi connectivity index (χ3v) is 8.03. The Morgan fingerprint density at radius 3 is 2.24 bits per heavy atom. The molecule has 1 aromatic carbocycles. The number of ether oxygens (including phenoxy) is 5. The molecule has 2 N–H and O–H groups in total. The Labute approximate surface area is 220 Å². The number of aliphatic hydroxyl groups is 2. The highest BCUT2D eigenvalue weighted by Crippen LogP contribution is 2.42. The fraction of sp³-hybridized carbons (Fsp3) is 0.690. The molecule has 0 aliphatic carbocycles. The lowest BCUT2D eigenvalue weighted by Crippen LogP contribution is -2.66. The van der Waals surface area contributed by atoms with Crippen LogP contribution in [0.2, 0.25) is 0 Å². The fourth-order valence-electron chi connectivity index (χ4n) is 5.56. The van der Waals surface area contributed by atoms with Crippen molar-refractivity contribution in [3.63, 3.8) is 0 Å². The molecule has 2 heterocycles. The van der Waals surface area contributed by atoms with Crippen LogP contribution in [0.3, 0.4) is 0 Å². The summed E-state index contributed by atoms with van der Waals surface area (Å²) in [6.07, 6.45) is 3.29. The van der Waals surface area contributed by atoms with E-state index < -0.39 is 42.1 Å². The fourth-order valence-corrected chi connectivity index (χ4v) is 5.56. The van der Waals surface area contributed by atoms with Gasteiger partial charge in [0.2, 0.25) is 5.79 Å². The van der Waals surface area contributed by atoms with Gasteiger partial charge in [0.1, 0.15) is 24.2 Å². The molecule has 1 unspecified atom stereocenters. The van der Waals surface area contributed by atoms with Crippen molar-refractivity contribution in [3.05, 3.63) is 48.0 Å². The van der Waals surface area contributed by atoms with Crippen molar-refractivity contribution >= 4 is 5.97 Å². The smallest absolute Gasteiger partial charge is 0.314 e. The van der Waals surface area contributed by atoms with E-state index >= 15 is 0 Å². The number of benzene rings is 1. The van der Waals surface area contributed by atoms with Crippen LogP contribution in [0.5, 0.6) is 0 Å². The van der Waals surface area contributed by atoms with Gasteiger partial charge in [-0.25, -0.2) is 0 Å². The quantitative estimate of drug-likeness (QED) is 0.456. The molecular weight excluding hydrogens is 476 g/mol. The largest absolute Gasteiger partial charge is 0.457 e. The summed E-state index contributed by atoms with van der Waals surface area (Å²) in [6, 6.07) is 9.58. The van der Waals surface area contributed by atoms with Gasteiger partial charge in [-0.15, -0.1) is 0 Å². The summed E-state index contributed by atoms with van der Waals surface area (Å²) in [7, 11) is 4.72. The maximum Gasteiger partial charge on any atom is 0.314 e. The monoisotopic (exact) mass is 520 g/mol. The number of carbonyl (C=O) groups excluding carboxylic acids is 1. The third-order valence-electron chi connectivity index (χ3n) is 8.03. The maximum atomic E-state index is 13.5. The zero-order valence-electron chi connectivity index (χ0n) is 22.9. The Balaban J connectivity index is 2.01. The van der Waals surface area contributed by atoms with Gasteiger partial charge >= 0.3 is 5.97 Å². The minimum absolute atomic E-state index is 0.149. The zero-order valence-corrected chi connectivity index (χ0v) is 22.9. The molecule has 208 valence electrons. The van der Waals surface area contributed by atoms with Crippen LogP contribution in [0.1, 0.15) is 58.1 Å². The lowest BCUT2D eigenvalue weighted by atomic mass is 9.78. The minimum Gasteiger partial charge on any atom is -0.457 e. The summed E-state index contributed by atoms with van der Waals surface area (Å²) >= 11 is 0. The van der Waals surface area contributed by atoms with Crippen molar-refractivity contribution < 1.29 is 38.7 Å². The molecule has 1 fully saturated rings. The van der Waals surface area contributed by atoms with Crippen LogP contribution in [0.4, 0.5) is 0 Å². The highest BCUT2D eigenvalue weighted by atomic mass is 16.7. The Bertz CT molecular complexity index is 876. The van der Waals surface area contributed by atoms with Crippen LogP contribution < -0.4 is 0 Å². The van der Waals surface area contributed by atoms with E-state index in [1.807, 2.05) is 56.3 Å². The molecule has 0 spiro atoms. The SMILES string of the molecule is CO[C@H]1CCCC[C@@H](c2ccccc2)OC(=O)[C@@H](C)C2(O)O[C@H]([C@@H](C)[C@H](O)[C@H]2OC)[C@@H](C)/C=C/[C@H]1OC. The van der Waals surface area contributed by atoms with Crippen LogP contribution >= 0.6 is 0 Å². The number of hydrogen-bond donors (Lipinski definition) is 2. The van der Waals surface area contributed by atoms with Crippen molar-refractivity contribution in [3.8, 4) is 0 Å². The molecule has 2 aliphatic heterocycles. The summed E-state index contributed by atoms with van der Waals surface area (Å²) in [5.41, 5.74) is 0.880. The second-order valence-electron chi connectivity index (χ2n) is 10.4. The van der Waals surface area contributed by atoms with E-state index in [0.29, 0.717) is 6.42 Å². The van der Waals surface area contributed by atoms with E-state index in [2.05, 4.69) is 0 Å². The predicted molar refractivity (Wildman–Crippen MR) is 139 cm³/mol. The lowest BCUT2D eigenvalue weighted by molar-refractivity contribution is -0.360. The number of rotatable bonds is 4. The Morgan fingerprint density at radius 2 is 1.62 bits per heavy atom. The number of carbonyl (C=O) groups is 1. The predicted octanol–water partition coefficient (Wildman–Crippen LogP) is 3.80. The first kappa shape index (κ1) is 29.7. The number of fused-ring (bicyclic) bond motifs is 2. The van der Waals surface area contributed by atoms with Crippen molar-refractivity contribution in [2.75, 3.05) is 21.3 Å². The molecule has 0 radical (unpaired) electrons. The lowest BCUT2D eigenvalue weighted by Gasteiger charge is -2.51. The van der Waals surface area contributed by atoms with Crippen molar-refractivity contribution in [1.29, 1.82) is 0 Å². The molecule has 0 amide bonds. The van der Waals surface area contributed by atoms with Gasteiger partial charge in [-0.1, -0.05) is 62.8 Å². The van der Waals surface area contributed by atoms with E-state index in [1.54, 1.807) is 21.1 Å². The van der Waals surface area contributed by atoms with Crippen molar-refractivity contribution in [2.24, 2.45) is 17.8 Å². The van der Waals surface area contributed by atoms with Gasteiger partial charge < -0.3 is 33.9 Å². The summed E-state index contributed by atoms with van der Waals surface area (Å²) in [6.45, 7) is 5.36. The van der Waals surface area contributed by atoms with Gasteiger partial charge in [-0.05, 0) is 31.7 Å². The molecule has 8 heteroatoms. The van der Waals surface area contributed by atoms with Crippen LogP contribution in [0.15, 0.2) is 42.5 Å². The van der Waals surface area contributed by atoms with Gasteiger partial charge in [0.05, 0.1) is 18.3 Å². The maximum absolute atomic E-state index is 13.5. The van der Waals surface area contributed by atoms with Gasteiger partial charge in [0, 0.05) is 33.2 Å². The Hall–Kier alpha value is -1.81. The second-order valence-corrected chi connectivity index (χ2v) is 10.4. The number of methoxy groups -OCH3 is 3. The molecular formula is C29H44O8. The topological polar surface area (TPSA) is 104 Å². The molecule has 3 rings (SSSR count). The average molecular weight is 521 g/mol. The molecule has 37 heavy (non-hydrogen) atoms. The third kappa shape index (κ3) is 6.61. The average Bonchev–Trinajstić information content (AvgIpc) is 2.90. The molecule has 1 aromatic rings. The summed E-state index contributed by atoms with van der Waals surface area (Å²) in [4.78, 5) is 13.5. The van der Waals surface area contributed by atoms with Crippen LogP contribution in [0.25, 0.3) is 0 Å². The Kier molecular flexibility index (Phi) is 10.7. The van der Waals surface area contributed by atoms with E-state index in [1.165, 1.54) is 7.11 Å². The first-order valence-corrected chi connectivity index (χ1v) is 13.3. The summed E-state index contributed by atoms with van der Waals surface area (Å²) < 4.78 is 29.3. The highest BCUT2D eigenvalue weighted by Gasteiger charge is 2.58. The van der Waals surface area contributed by atoms with Gasteiger partial charge in [-0.2, -0.15) is 0 Å². The molecule has 2 bridgehead atoms. The number of cyclic esters (lactones) is 1.